The summed E-state index contributed by atoms with van der Waals surface area (Å²) in [6.07, 6.45) is 5.42. The van der Waals surface area contributed by atoms with Crippen LogP contribution in [0.3, 0.4) is 0 Å². The molecule has 1 aliphatic carbocycles. The molecule has 0 radical (unpaired) electrons. The quantitative estimate of drug-likeness (QED) is 0.773. The predicted molar refractivity (Wildman–Crippen MR) is 95.9 cm³/mol. The van der Waals surface area contributed by atoms with Crippen molar-refractivity contribution in [2.75, 3.05) is 5.32 Å². The highest BCUT2D eigenvalue weighted by Gasteiger charge is 2.28. The summed E-state index contributed by atoms with van der Waals surface area (Å²) in [6.45, 7) is 1.93. The molecule has 0 spiro atoms. The Morgan fingerprint density at radius 1 is 1.16 bits per heavy atom. The van der Waals surface area contributed by atoms with Crippen LogP contribution in [0.4, 0.5) is 11.5 Å². The molecule has 1 aliphatic rings. The zero-order valence-electron chi connectivity index (χ0n) is 13.7. The van der Waals surface area contributed by atoms with E-state index in [-0.39, 0.29) is 5.78 Å². The van der Waals surface area contributed by atoms with Crippen LogP contribution in [0.15, 0.2) is 36.7 Å². The number of carbonyl (C=O) groups excluding carboxylic acids is 1. The van der Waals surface area contributed by atoms with E-state index in [1.54, 1.807) is 23.1 Å². The zero-order chi connectivity index (χ0) is 17.4. The molecule has 0 bridgehead atoms. The largest absolute Gasteiger partial charge is 0.338 e. The van der Waals surface area contributed by atoms with E-state index in [0.717, 1.165) is 29.8 Å². The average molecular weight is 354 g/mol. The maximum atomic E-state index is 12.5. The third-order valence-corrected chi connectivity index (χ3v) is 4.75. The van der Waals surface area contributed by atoms with Crippen LogP contribution in [0.5, 0.6) is 0 Å². The first kappa shape index (κ1) is 15.8. The number of aromatic nitrogens is 4. The Bertz CT molecular complexity index is 952. The van der Waals surface area contributed by atoms with Gasteiger partial charge in [0.05, 0.1) is 11.3 Å². The van der Waals surface area contributed by atoms with E-state index in [1.807, 2.05) is 25.1 Å². The molecule has 0 unspecified atom stereocenters. The minimum atomic E-state index is 0.0885. The molecule has 2 aromatic heterocycles. The van der Waals surface area contributed by atoms with Crippen molar-refractivity contribution >= 4 is 28.9 Å². The van der Waals surface area contributed by atoms with Crippen LogP contribution in [0.25, 0.3) is 5.95 Å². The Kier molecular flexibility index (Phi) is 3.97. The normalized spacial score (nSPS) is 13.6. The summed E-state index contributed by atoms with van der Waals surface area (Å²) >= 11 is 6.20. The highest BCUT2D eigenvalue weighted by molar-refractivity contribution is 6.31. The third kappa shape index (κ3) is 2.78. The van der Waals surface area contributed by atoms with Gasteiger partial charge in [-0.2, -0.15) is 0 Å². The Balaban J connectivity index is 1.84. The van der Waals surface area contributed by atoms with E-state index in [1.165, 1.54) is 0 Å². The Morgan fingerprint density at radius 3 is 2.76 bits per heavy atom. The SMILES string of the molecule is Cc1c(Cl)cccc1Nc1nn(-c2ncccn2)c2c1C(=O)CCC2. The molecule has 25 heavy (non-hydrogen) atoms. The number of halogens is 1. The highest BCUT2D eigenvalue weighted by Crippen LogP contribution is 2.32. The van der Waals surface area contributed by atoms with Crippen molar-refractivity contribution in [1.82, 2.24) is 19.7 Å². The fourth-order valence-corrected chi connectivity index (χ4v) is 3.22. The lowest BCUT2D eigenvalue weighted by Gasteiger charge is -2.13. The second-order valence-corrected chi connectivity index (χ2v) is 6.35. The Morgan fingerprint density at radius 2 is 1.96 bits per heavy atom. The van der Waals surface area contributed by atoms with Crippen molar-refractivity contribution in [3.8, 4) is 5.95 Å². The predicted octanol–water partition coefficient (Wildman–Crippen LogP) is 3.89. The standard InChI is InChI=1S/C18H16ClN5O/c1-11-12(19)5-2-6-13(11)22-17-16-14(7-3-8-15(16)25)24(23-17)18-20-9-4-10-21-18/h2,4-6,9-10H,3,7-8H2,1H3,(H,22,23). The molecule has 0 fully saturated rings. The van der Waals surface area contributed by atoms with Crippen LogP contribution in [-0.4, -0.2) is 25.5 Å². The Hall–Kier alpha value is -2.73. The summed E-state index contributed by atoms with van der Waals surface area (Å²) < 4.78 is 1.66. The zero-order valence-corrected chi connectivity index (χ0v) is 14.4. The summed E-state index contributed by atoms with van der Waals surface area (Å²) in [7, 11) is 0. The van der Waals surface area contributed by atoms with Crippen LogP contribution >= 0.6 is 11.6 Å². The summed E-state index contributed by atoms with van der Waals surface area (Å²) in [4.78, 5) is 21.1. The number of anilines is 2. The van der Waals surface area contributed by atoms with Crippen LogP contribution in [-0.2, 0) is 6.42 Å². The van der Waals surface area contributed by atoms with E-state index >= 15 is 0 Å². The minimum Gasteiger partial charge on any atom is -0.338 e. The van der Waals surface area contributed by atoms with E-state index in [2.05, 4.69) is 20.4 Å². The van der Waals surface area contributed by atoms with E-state index in [4.69, 9.17) is 11.6 Å². The molecule has 0 aliphatic heterocycles. The number of nitrogens with one attached hydrogen (secondary N) is 1. The molecule has 0 amide bonds. The van der Waals surface area contributed by atoms with Crippen molar-refractivity contribution in [3.05, 3.63) is 58.5 Å². The number of benzene rings is 1. The van der Waals surface area contributed by atoms with Gasteiger partial charge < -0.3 is 5.32 Å². The lowest BCUT2D eigenvalue weighted by atomic mass is 9.96. The number of Topliss-reactive ketones (excluding diaryl/α,β-unsaturated/α-hetero) is 1. The molecule has 0 atom stereocenters. The summed E-state index contributed by atoms with van der Waals surface area (Å²) in [6, 6.07) is 7.36. The number of hydrogen-bond acceptors (Lipinski definition) is 5. The van der Waals surface area contributed by atoms with Crippen molar-refractivity contribution < 1.29 is 4.79 Å². The number of fused-ring (bicyclic) bond motifs is 1. The maximum absolute atomic E-state index is 12.5. The smallest absolute Gasteiger partial charge is 0.250 e. The van der Waals surface area contributed by atoms with Gasteiger partial charge in [-0.1, -0.05) is 17.7 Å². The number of hydrogen-bond donors (Lipinski definition) is 1. The maximum Gasteiger partial charge on any atom is 0.250 e. The molecule has 0 saturated carbocycles. The van der Waals surface area contributed by atoms with Gasteiger partial charge in [-0.05, 0) is 43.5 Å². The van der Waals surface area contributed by atoms with E-state index in [0.29, 0.717) is 28.8 Å². The number of carbonyl (C=O) groups is 1. The first-order valence-electron chi connectivity index (χ1n) is 8.10. The summed E-state index contributed by atoms with van der Waals surface area (Å²) in [5.41, 5.74) is 3.21. The molecule has 7 heteroatoms. The second-order valence-electron chi connectivity index (χ2n) is 5.95. The molecular formula is C18H16ClN5O. The van der Waals surface area contributed by atoms with Crippen molar-refractivity contribution in [2.45, 2.75) is 26.2 Å². The molecule has 1 N–H and O–H groups in total. The fourth-order valence-electron chi connectivity index (χ4n) is 3.04. The van der Waals surface area contributed by atoms with Gasteiger partial charge in [0.1, 0.15) is 0 Å². The monoisotopic (exact) mass is 353 g/mol. The molecule has 1 aromatic carbocycles. The molecule has 6 nitrogen and oxygen atoms in total. The first-order valence-corrected chi connectivity index (χ1v) is 8.47. The molecule has 3 aromatic rings. The van der Waals surface area contributed by atoms with E-state index < -0.39 is 0 Å². The topological polar surface area (TPSA) is 72.7 Å². The summed E-state index contributed by atoms with van der Waals surface area (Å²) in [5, 5.41) is 8.53. The molecule has 4 rings (SSSR count). The molecule has 0 saturated heterocycles. The van der Waals surface area contributed by atoms with Gasteiger partial charge in [-0.3, -0.25) is 4.79 Å². The molecule has 126 valence electrons. The van der Waals surface area contributed by atoms with Gasteiger partial charge in [0.15, 0.2) is 11.6 Å². The number of ketones is 1. The van der Waals surface area contributed by atoms with Gasteiger partial charge in [-0.15, -0.1) is 5.10 Å². The van der Waals surface area contributed by atoms with Gasteiger partial charge >= 0.3 is 0 Å². The molecular weight excluding hydrogens is 338 g/mol. The highest BCUT2D eigenvalue weighted by atomic mass is 35.5. The van der Waals surface area contributed by atoms with Crippen molar-refractivity contribution in [1.29, 1.82) is 0 Å². The van der Waals surface area contributed by atoms with Gasteiger partial charge in [0, 0.05) is 29.5 Å². The first-order chi connectivity index (χ1) is 12.1. The minimum absolute atomic E-state index is 0.0885. The third-order valence-electron chi connectivity index (χ3n) is 4.34. The lowest BCUT2D eigenvalue weighted by Crippen LogP contribution is -2.14. The summed E-state index contributed by atoms with van der Waals surface area (Å²) in [5.74, 6) is 1.08. The van der Waals surface area contributed by atoms with Crippen LogP contribution in [0.1, 0.15) is 34.5 Å². The molecule has 2 heterocycles. The van der Waals surface area contributed by atoms with Crippen LogP contribution in [0.2, 0.25) is 5.02 Å². The number of nitrogens with zero attached hydrogens (tertiary/aromatic N) is 4. The van der Waals surface area contributed by atoms with Crippen LogP contribution < -0.4 is 5.32 Å². The average Bonchev–Trinajstić information content (AvgIpc) is 3.00. The van der Waals surface area contributed by atoms with Crippen molar-refractivity contribution in [3.63, 3.8) is 0 Å². The lowest BCUT2D eigenvalue weighted by molar-refractivity contribution is 0.0973. The van der Waals surface area contributed by atoms with Crippen LogP contribution in [0, 0.1) is 6.92 Å². The van der Waals surface area contributed by atoms with Gasteiger partial charge in [0.2, 0.25) is 0 Å². The second kappa shape index (κ2) is 6.29. The number of rotatable bonds is 3. The fraction of sp³-hybridized carbons (Fsp3) is 0.222. The van der Waals surface area contributed by atoms with Gasteiger partial charge in [-0.25, -0.2) is 14.6 Å². The van der Waals surface area contributed by atoms with E-state index in [9.17, 15) is 4.79 Å². The Labute approximate surface area is 149 Å². The van der Waals surface area contributed by atoms with Gasteiger partial charge in [0.25, 0.3) is 5.95 Å². The van der Waals surface area contributed by atoms with Crippen molar-refractivity contribution in [2.24, 2.45) is 0 Å².